The molecule has 5 rings (SSSR count). The van der Waals surface area contributed by atoms with Gasteiger partial charge in [0, 0.05) is 57.6 Å². The van der Waals surface area contributed by atoms with Gasteiger partial charge in [-0.25, -0.2) is 0 Å². The largest absolute Gasteiger partial charge is 0.497 e. The van der Waals surface area contributed by atoms with E-state index >= 15 is 0 Å². The summed E-state index contributed by atoms with van der Waals surface area (Å²) in [5.41, 5.74) is 4.24. The Hall–Kier alpha value is -3.58. The first-order chi connectivity index (χ1) is 17.4. The number of benzene rings is 2. The van der Waals surface area contributed by atoms with E-state index in [4.69, 9.17) is 21.1 Å². The summed E-state index contributed by atoms with van der Waals surface area (Å²) >= 11 is 6.39. The van der Waals surface area contributed by atoms with E-state index in [9.17, 15) is 14.4 Å². The predicted molar refractivity (Wildman–Crippen MR) is 136 cm³/mol. The summed E-state index contributed by atoms with van der Waals surface area (Å²) in [5.74, 6) is 0.271. The minimum Gasteiger partial charge on any atom is -0.497 e. The number of anilines is 1. The quantitative estimate of drug-likeness (QED) is 0.568. The molecule has 8 heteroatoms. The minimum absolute atomic E-state index is 0.0295. The van der Waals surface area contributed by atoms with Gasteiger partial charge in [-0.2, -0.15) is 0 Å². The van der Waals surface area contributed by atoms with E-state index in [0.29, 0.717) is 51.8 Å². The van der Waals surface area contributed by atoms with Crippen molar-refractivity contribution in [1.82, 2.24) is 5.32 Å². The summed E-state index contributed by atoms with van der Waals surface area (Å²) in [7, 11) is 1.58. The lowest BCUT2D eigenvalue weighted by Crippen LogP contribution is -2.36. The maximum absolute atomic E-state index is 13.1. The molecule has 2 N–H and O–H groups in total. The average molecular weight is 507 g/mol. The van der Waals surface area contributed by atoms with Gasteiger partial charge in [0.1, 0.15) is 11.5 Å². The van der Waals surface area contributed by atoms with Crippen LogP contribution in [0.2, 0.25) is 5.02 Å². The van der Waals surface area contributed by atoms with Gasteiger partial charge < -0.3 is 20.1 Å². The number of allylic oxidation sites excluding steroid dienone is 4. The lowest BCUT2D eigenvalue weighted by Gasteiger charge is -2.37. The SMILES string of the molecule is COc1ccc(NC(=O)COc2ccc(Cl)cc2C2C3=C(CCCC3=O)NC3=C2C(=O)CCC3)cc1. The first-order valence-corrected chi connectivity index (χ1v) is 12.5. The Kier molecular flexibility index (Phi) is 6.83. The summed E-state index contributed by atoms with van der Waals surface area (Å²) in [4.78, 5) is 38.9. The molecule has 2 aliphatic carbocycles. The van der Waals surface area contributed by atoms with E-state index < -0.39 is 5.92 Å². The zero-order valence-electron chi connectivity index (χ0n) is 20.0. The van der Waals surface area contributed by atoms with Gasteiger partial charge >= 0.3 is 0 Å². The molecule has 0 unspecified atom stereocenters. The van der Waals surface area contributed by atoms with Crippen molar-refractivity contribution in [2.45, 2.75) is 44.4 Å². The highest BCUT2D eigenvalue weighted by atomic mass is 35.5. The van der Waals surface area contributed by atoms with Gasteiger partial charge in [0.05, 0.1) is 7.11 Å². The first-order valence-electron chi connectivity index (χ1n) is 12.1. The van der Waals surface area contributed by atoms with Crippen LogP contribution in [0.25, 0.3) is 0 Å². The summed E-state index contributed by atoms with van der Waals surface area (Å²) < 4.78 is 11.1. The molecule has 0 atom stereocenters. The third-order valence-corrected chi connectivity index (χ3v) is 7.04. The Morgan fingerprint density at radius 2 is 1.61 bits per heavy atom. The maximum atomic E-state index is 13.1. The molecule has 1 heterocycles. The monoisotopic (exact) mass is 506 g/mol. The average Bonchev–Trinajstić information content (AvgIpc) is 2.87. The molecule has 36 heavy (non-hydrogen) atoms. The van der Waals surface area contributed by atoms with Crippen LogP contribution >= 0.6 is 11.6 Å². The second-order valence-electron chi connectivity index (χ2n) is 9.14. The molecule has 2 aromatic rings. The van der Waals surface area contributed by atoms with Crippen LogP contribution in [0.3, 0.4) is 0 Å². The van der Waals surface area contributed by atoms with Crippen LogP contribution in [0.15, 0.2) is 65.0 Å². The van der Waals surface area contributed by atoms with Crippen molar-refractivity contribution >= 4 is 34.8 Å². The van der Waals surface area contributed by atoms with E-state index in [1.165, 1.54) is 0 Å². The van der Waals surface area contributed by atoms with E-state index in [-0.39, 0.29) is 24.1 Å². The summed E-state index contributed by atoms with van der Waals surface area (Å²) in [6.45, 7) is -0.245. The molecular formula is C28H27ClN2O5. The van der Waals surface area contributed by atoms with Crippen molar-refractivity contribution in [2.75, 3.05) is 19.0 Å². The number of hydrogen-bond acceptors (Lipinski definition) is 6. The molecule has 186 valence electrons. The van der Waals surface area contributed by atoms with Gasteiger partial charge in [-0.3, -0.25) is 14.4 Å². The number of hydrogen-bond donors (Lipinski definition) is 2. The lowest BCUT2D eigenvalue weighted by atomic mass is 9.71. The van der Waals surface area contributed by atoms with Crippen LogP contribution in [0.5, 0.6) is 11.5 Å². The number of Topliss-reactive ketones (excluding diaryl/α,β-unsaturated/α-hetero) is 2. The molecule has 1 amide bonds. The fourth-order valence-corrected chi connectivity index (χ4v) is 5.37. The van der Waals surface area contributed by atoms with E-state index in [1.807, 2.05) is 0 Å². The molecule has 0 bridgehead atoms. The number of ether oxygens (including phenoxy) is 2. The van der Waals surface area contributed by atoms with Gasteiger partial charge in [0.15, 0.2) is 18.2 Å². The zero-order valence-corrected chi connectivity index (χ0v) is 20.7. The van der Waals surface area contributed by atoms with Crippen molar-refractivity contribution < 1.29 is 23.9 Å². The second-order valence-corrected chi connectivity index (χ2v) is 9.58. The van der Waals surface area contributed by atoms with E-state index in [2.05, 4.69) is 10.6 Å². The van der Waals surface area contributed by atoms with Crippen LogP contribution < -0.4 is 20.1 Å². The normalized spacial score (nSPS) is 17.8. The van der Waals surface area contributed by atoms with E-state index in [1.54, 1.807) is 49.6 Å². The molecule has 3 aliphatic rings. The summed E-state index contributed by atoms with van der Waals surface area (Å²) in [5, 5.41) is 6.67. The van der Waals surface area contributed by atoms with Crippen LogP contribution in [0, 0.1) is 0 Å². The number of carbonyl (C=O) groups is 3. The zero-order chi connectivity index (χ0) is 25.2. The van der Waals surface area contributed by atoms with Gasteiger partial charge in [-0.05, 0) is 68.1 Å². The van der Waals surface area contributed by atoms with Crippen LogP contribution in [-0.4, -0.2) is 31.2 Å². The first kappa shape index (κ1) is 24.1. The summed E-state index contributed by atoms with van der Waals surface area (Å²) in [6, 6.07) is 12.1. The number of amides is 1. The fraction of sp³-hybridized carbons (Fsp3) is 0.321. The standard InChI is InChI=1S/C28H27ClN2O5/c1-35-18-11-9-17(10-12-18)30-25(34)15-36-24-13-8-16(29)14-19(24)26-27-20(4-2-6-22(27)32)31-21-5-3-7-23(33)28(21)26/h8-14,26,31H,2-7,15H2,1H3,(H,30,34). The highest BCUT2D eigenvalue weighted by molar-refractivity contribution is 6.30. The van der Waals surface area contributed by atoms with Crippen molar-refractivity contribution in [3.8, 4) is 11.5 Å². The number of nitrogens with one attached hydrogen (secondary N) is 2. The number of ketones is 2. The molecule has 7 nitrogen and oxygen atoms in total. The third-order valence-electron chi connectivity index (χ3n) is 6.81. The van der Waals surface area contributed by atoms with E-state index in [0.717, 1.165) is 37.1 Å². The predicted octanol–water partition coefficient (Wildman–Crippen LogP) is 5.07. The number of dihydropyridines is 1. The lowest BCUT2D eigenvalue weighted by molar-refractivity contribution is -0.119. The van der Waals surface area contributed by atoms with Crippen LogP contribution in [0.1, 0.15) is 50.0 Å². The van der Waals surface area contributed by atoms with Crippen molar-refractivity contribution in [2.24, 2.45) is 0 Å². The van der Waals surface area contributed by atoms with Crippen molar-refractivity contribution in [3.63, 3.8) is 0 Å². The Morgan fingerprint density at radius 1 is 0.972 bits per heavy atom. The maximum Gasteiger partial charge on any atom is 0.262 e. The molecule has 0 fully saturated rings. The van der Waals surface area contributed by atoms with Gasteiger partial charge in [0.25, 0.3) is 5.91 Å². The van der Waals surface area contributed by atoms with Gasteiger partial charge in [-0.15, -0.1) is 0 Å². The summed E-state index contributed by atoms with van der Waals surface area (Å²) in [6.07, 6.45) is 3.94. The molecule has 0 spiro atoms. The third kappa shape index (κ3) is 4.75. The van der Waals surface area contributed by atoms with Crippen LogP contribution in [0.4, 0.5) is 5.69 Å². The number of halogens is 1. The van der Waals surface area contributed by atoms with Gasteiger partial charge in [0.2, 0.25) is 0 Å². The Balaban J connectivity index is 1.45. The van der Waals surface area contributed by atoms with Crippen molar-refractivity contribution in [3.05, 3.63) is 75.6 Å². The Morgan fingerprint density at radius 3 is 2.22 bits per heavy atom. The Bertz CT molecular complexity index is 1250. The highest BCUT2D eigenvalue weighted by Crippen LogP contribution is 2.48. The molecule has 0 saturated heterocycles. The van der Waals surface area contributed by atoms with Gasteiger partial charge in [-0.1, -0.05) is 11.6 Å². The molecule has 2 aromatic carbocycles. The molecular weight excluding hydrogens is 480 g/mol. The highest BCUT2D eigenvalue weighted by Gasteiger charge is 2.41. The smallest absolute Gasteiger partial charge is 0.262 e. The number of methoxy groups -OCH3 is 1. The second kappa shape index (κ2) is 10.2. The number of carbonyl (C=O) groups excluding carboxylic acids is 3. The topological polar surface area (TPSA) is 93.7 Å². The Labute approximate surface area is 214 Å². The van der Waals surface area contributed by atoms with Crippen molar-refractivity contribution in [1.29, 1.82) is 0 Å². The molecule has 0 radical (unpaired) electrons. The number of rotatable bonds is 6. The fourth-order valence-electron chi connectivity index (χ4n) is 5.19. The van der Waals surface area contributed by atoms with Crippen LogP contribution in [-0.2, 0) is 14.4 Å². The minimum atomic E-state index is -0.560. The molecule has 0 saturated carbocycles. The molecule has 0 aromatic heterocycles. The molecule has 1 aliphatic heterocycles.